The molecule has 1 N–H and O–H groups in total. The third kappa shape index (κ3) is 4.20. The molecule has 118 valence electrons. The minimum absolute atomic E-state index is 0.373. The van der Waals surface area contributed by atoms with Gasteiger partial charge in [0, 0.05) is 39.1 Å². The zero-order valence-electron chi connectivity index (χ0n) is 13.3. The molecule has 1 aliphatic heterocycles. The normalized spacial score (nSPS) is 22.9. The summed E-state index contributed by atoms with van der Waals surface area (Å²) < 4.78 is 7.31. The summed E-state index contributed by atoms with van der Waals surface area (Å²) in [6.07, 6.45) is 5.73. The van der Waals surface area contributed by atoms with Crippen LogP contribution < -0.4 is 5.32 Å². The number of aryl methyl sites for hydroxylation is 1. The summed E-state index contributed by atoms with van der Waals surface area (Å²) in [5, 5.41) is 4.18. The Morgan fingerprint density at radius 3 is 2.90 bits per heavy atom. The number of ether oxygens (including phenoxy) is 1. The molecule has 0 spiro atoms. The van der Waals surface area contributed by atoms with Crippen molar-refractivity contribution in [3.63, 3.8) is 0 Å². The van der Waals surface area contributed by atoms with Gasteiger partial charge in [-0.2, -0.15) is 0 Å². The fourth-order valence-electron chi connectivity index (χ4n) is 2.99. The van der Waals surface area contributed by atoms with Gasteiger partial charge in [0.25, 0.3) is 0 Å². The molecule has 2 rings (SSSR count). The van der Waals surface area contributed by atoms with Crippen molar-refractivity contribution in [2.75, 3.05) is 26.8 Å². The highest BCUT2D eigenvalue weighted by Gasteiger charge is 2.28. The van der Waals surface area contributed by atoms with Crippen LogP contribution in [0.5, 0.6) is 0 Å². The smallest absolute Gasteiger partial charge is 0.169 e. The summed E-state index contributed by atoms with van der Waals surface area (Å²) >= 11 is 5.63. The van der Waals surface area contributed by atoms with E-state index in [-0.39, 0.29) is 0 Å². The average Bonchev–Trinajstić information content (AvgIpc) is 2.78. The molecule has 5 heteroatoms. The quantitative estimate of drug-likeness (QED) is 0.684. The van der Waals surface area contributed by atoms with E-state index in [1.54, 1.807) is 7.11 Å². The van der Waals surface area contributed by atoms with Gasteiger partial charge in [-0.15, -0.1) is 0 Å². The van der Waals surface area contributed by atoms with Crippen LogP contribution in [0, 0.1) is 5.92 Å². The van der Waals surface area contributed by atoms with E-state index in [1.165, 1.54) is 18.5 Å². The van der Waals surface area contributed by atoms with Gasteiger partial charge in [0.05, 0.1) is 12.6 Å². The molecule has 1 aromatic rings. The SMILES string of the molecule is COCCNC(=S)N1CC[C@H](C)CC[C@@H]1c1cccn1C. The van der Waals surface area contributed by atoms with Crippen molar-refractivity contribution in [2.45, 2.75) is 32.2 Å². The minimum atomic E-state index is 0.373. The van der Waals surface area contributed by atoms with Gasteiger partial charge in [-0.1, -0.05) is 6.92 Å². The van der Waals surface area contributed by atoms with Crippen LogP contribution in [0.25, 0.3) is 0 Å². The lowest BCUT2D eigenvalue weighted by Gasteiger charge is -2.33. The number of rotatable bonds is 4. The Morgan fingerprint density at radius 1 is 1.43 bits per heavy atom. The number of hydrogen-bond donors (Lipinski definition) is 1. The summed E-state index contributed by atoms with van der Waals surface area (Å²) in [5.41, 5.74) is 1.35. The van der Waals surface area contributed by atoms with Gasteiger partial charge < -0.3 is 19.5 Å². The molecule has 0 aromatic carbocycles. The van der Waals surface area contributed by atoms with E-state index in [2.05, 4.69) is 47.1 Å². The molecule has 2 heterocycles. The fourth-order valence-corrected chi connectivity index (χ4v) is 3.31. The molecule has 0 aliphatic carbocycles. The van der Waals surface area contributed by atoms with E-state index in [0.717, 1.165) is 30.5 Å². The first-order valence-electron chi connectivity index (χ1n) is 7.78. The highest BCUT2D eigenvalue weighted by Crippen LogP contribution is 2.32. The average molecular weight is 309 g/mol. The Kier molecular flexibility index (Phi) is 6.06. The molecular formula is C16H27N3OS. The Hall–Kier alpha value is -1.07. The molecule has 1 aromatic heterocycles. The summed E-state index contributed by atoms with van der Waals surface area (Å²) in [7, 11) is 3.83. The topological polar surface area (TPSA) is 29.4 Å². The molecule has 1 aliphatic rings. The van der Waals surface area contributed by atoms with Gasteiger partial charge in [-0.05, 0) is 49.5 Å². The van der Waals surface area contributed by atoms with Gasteiger partial charge in [0.1, 0.15) is 0 Å². The molecule has 0 bridgehead atoms. The minimum Gasteiger partial charge on any atom is -0.383 e. The van der Waals surface area contributed by atoms with E-state index in [9.17, 15) is 0 Å². The first-order valence-corrected chi connectivity index (χ1v) is 8.19. The maximum absolute atomic E-state index is 5.63. The number of nitrogens with zero attached hydrogens (tertiary/aromatic N) is 2. The van der Waals surface area contributed by atoms with E-state index in [1.807, 2.05) is 0 Å². The van der Waals surface area contributed by atoms with E-state index >= 15 is 0 Å². The Balaban J connectivity index is 2.12. The van der Waals surface area contributed by atoms with Crippen LogP contribution in [0.2, 0.25) is 0 Å². The molecule has 0 amide bonds. The van der Waals surface area contributed by atoms with Crippen LogP contribution in [0.4, 0.5) is 0 Å². The molecule has 1 saturated heterocycles. The van der Waals surface area contributed by atoms with Crippen molar-refractivity contribution in [1.29, 1.82) is 0 Å². The number of thiocarbonyl (C=S) groups is 1. The van der Waals surface area contributed by atoms with E-state index < -0.39 is 0 Å². The maximum atomic E-state index is 5.63. The summed E-state index contributed by atoms with van der Waals surface area (Å²) in [6, 6.07) is 4.70. The summed E-state index contributed by atoms with van der Waals surface area (Å²) in [4.78, 5) is 2.36. The van der Waals surface area contributed by atoms with Crippen molar-refractivity contribution in [3.05, 3.63) is 24.0 Å². The van der Waals surface area contributed by atoms with Crippen LogP contribution in [0.3, 0.4) is 0 Å². The lowest BCUT2D eigenvalue weighted by molar-refractivity contribution is 0.202. The van der Waals surface area contributed by atoms with Crippen molar-refractivity contribution >= 4 is 17.3 Å². The van der Waals surface area contributed by atoms with Gasteiger partial charge in [0.2, 0.25) is 0 Å². The molecule has 0 radical (unpaired) electrons. The van der Waals surface area contributed by atoms with Gasteiger partial charge in [0.15, 0.2) is 5.11 Å². The molecule has 21 heavy (non-hydrogen) atoms. The van der Waals surface area contributed by atoms with Crippen LogP contribution in [0.1, 0.15) is 37.9 Å². The first kappa shape index (κ1) is 16.3. The molecule has 0 saturated carbocycles. The predicted octanol–water partition coefficient (Wildman–Crippen LogP) is 2.71. The van der Waals surface area contributed by atoms with Crippen molar-refractivity contribution in [3.8, 4) is 0 Å². The monoisotopic (exact) mass is 309 g/mol. The third-order valence-corrected chi connectivity index (χ3v) is 4.72. The second-order valence-corrected chi connectivity index (χ2v) is 6.34. The number of likely N-dealkylation sites (tertiary alicyclic amines) is 1. The predicted molar refractivity (Wildman–Crippen MR) is 90.4 cm³/mol. The van der Waals surface area contributed by atoms with Crippen LogP contribution in [-0.2, 0) is 11.8 Å². The second kappa shape index (κ2) is 7.80. The fraction of sp³-hybridized carbons (Fsp3) is 0.688. The standard InChI is InChI=1S/C16H27N3OS/c1-13-6-7-15(14-5-4-10-18(14)2)19(11-8-13)16(21)17-9-12-20-3/h4-5,10,13,15H,6-9,11-12H2,1-3H3,(H,17,21)/t13-,15-/m1/s1. The molecule has 1 fully saturated rings. The maximum Gasteiger partial charge on any atom is 0.169 e. The zero-order chi connectivity index (χ0) is 15.2. The zero-order valence-corrected chi connectivity index (χ0v) is 14.2. The first-order chi connectivity index (χ1) is 10.1. The summed E-state index contributed by atoms with van der Waals surface area (Å²) in [6.45, 7) is 4.81. The number of nitrogens with one attached hydrogen (secondary N) is 1. The van der Waals surface area contributed by atoms with Crippen LogP contribution >= 0.6 is 12.2 Å². The van der Waals surface area contributed by atoms with E-state index in [0.29, 0.717) is 12.6 Å². The van der Waals surface area contributed by atoms with Gasteiger partial charge in [-0.25, -0.2) is 0 Å². The Bertz CT molecular complexity index is 460. The number of aromatic nitrogens is 1. The largest absolute Gasteiger partial charge is 0.383 e. The molecule has 0 unspecified atom stereocenters. The highest BCUT2D eigenvalue weighted by molar-refractivity contribution is 7.80. The van der Waals surface area contributed by atoms with Gasteiger partial charge >= 0.3 is 0 Å². The van der Waals surface area contributed by atoms with E-state index in [4.69, 9.17) is 17.0 Å². The molecule has 2 atom stereocenters. The third-order valence-electron chi connectivity index (χ3n) is 4.34. The lowest BCUT2D eigenvalue weighted by Crippen LogP contribution is -2.43. The second-order valence-electron chi connectivity index (χ2n) is 5.95. The number of hydrogen-bond acceptors (Lipinski definition) is 2. The number of methoxy groups -OCH3 is 1. The van der Waals surface area contributed by atoms with Gasteiger partial charge in [-0.3, -0.25) is 0 Å². The van der Waals surface area contributed by atoms with Crippen molar-refractivity contribution < 1.29 is 4.74 Å². The van der Waals surface area contributed by atoms with Crippen molar-refractivity contribution in [1.82, 2.24) is 14.8 Å². The Labute approximate surface area is 133 Å². The Morgan fingerprint density at radius 2 is 2.24 bits per heavy atom. The summed E-state index contributed by atoms with van der Waals surface area (Å²) in [5.74, 6) is 0.763. The highest BCUT2D eigenvalue weighted by atomic mass is 32.1. The van der Waals surface area contributed by atoms with Crippen LogP contribution in [0.15, 0.2) is 18.3 Å². The van der Waals surface area contributed by atoms with Crippen LogP contribution in [-0.4, -0.2) is 41.4 Å². The van der Waals surface area contributed by atoms with Crippen molar-refractivity contribution in [2.24, 2.45) is 13.0 Å². The molecule has 4 nitrogen and oxygen atoms in total. The molecular weight excluding hydrogens is 282 g/mol. The lowest BCUT2D eigenvalue weighted by atomic mass is 10.0.